The smallest absolute Gasteiger partial charge is 0.272 e. The molecule has 3 aromatic rings. The van der Waals surface area contributed by atoms with Crippen LogP contribution >= 0.6 is 23.2 Å². The minimum Gasteiger partial charge on any atom is -0.368 e. The first kappa shape index (κ1) is 19.8. The van der Waals surface area contributed by atoms with E-state index in [0.29, 0.717) is 16.9 Å². The Labute approximate surface area is 167 Å². The monoisotopic (exact) mass is 424 g/mol. The number of nitrogens with zero attached hydrogens (tertiary/aromatic N) is 2. The lowest BCUT2D eigenvalue weighted by Crippen LogP contribution is -2.33. The van der Waals surface area contributed by atoms with E-state index in [1.165, 1.54) is 35.0 Å². The first-order valence-electron chi connectivity index (χ1n) is 7.83. The Morgan fingerprint density at radius 1 is 1.11 bits per heavy atom. The summed E-state index contributed by atoms with van der Waals surface area (Å²) in [6, 6.07) is 9.02. The average Bonchev–Trinajstić information content (AvgIpc) is 3.06. The summed E-state index contributed by atoms with van der Waals surface area (Å²) in [5, 5.41) is 6.46. The van der Waals surface area contributed by atoms with Crippen molar-refractivity contribution in [3.05, 3.63) is 69.8 Å². The molecule has 0 saturated heterocycles. The predicted molar refractivity (Wildman–Crippen MR) is 100 cm³/mol. The Hall–Kier alpha value is -2.97. The first-order valence-corrected chi connectivity index (χ1v) is 8.58. The fourth-order valence-corrected chi connectivity index (χ4v) is 2.87. The van der Waals surface area contributed by atoms with Crippen molar-refractivity contribution in [3.63, 3.8) is 0 Å². The van der Waals surface area contributed by atoms with Gasteiger partial charge in [-0.2, -0.15) is 5.10 Å². The number of nitrogens with two attached hydrogens (primary N) is 1. The zero-order valence-electron chi connectivity index (χ0n) is 14.0. The Bertz CT molecular complexity index is 1070. The van der Waals surface area contributed by atoms with Gasteiger partial charge in [0, 0.05) is 10.6 Å². The number of carbonyl (C=O) groups excluding carboxylic acids is 2. The maximum atomic E-state index is 13.8. The minimum absolute atomic E-state index is 0.0721. The number of hydrogen-bond donors (Lipinski definition) is 2. The normalized spacial score (nSPS) is 10.7. The highest BCUT2D eigenvalue weighted by molar-refractivity contribution is 6.31. The summed E-state index contributed by atoms with van der Waals surface area (Å²) in [4.78, 5) is 23.1. The lowest BCUT2D eigenvalue weighted by Gasteiger charge is -2.09. The van der Waals surface area contributed by atoms with E-state index in [-0.39, 0.29) is 22.3 Å². The Balaban J connectivity index is 2.13. The Morgan fingerprint density at radius 2 is 1.86 bits per heavy atom. The highest BCUT2D eigenvalue weighted by atomic mass is 35.5. The number of benzene rings is 2. The zero-order chi connectivity index (χ0) is 20.4. The third-order valence-corrected chi connectivity index (χ3v) is 4.18. The largest absolute Gasteiger partial charge is 0.368 e. The fourth-order valence-electron chi connectivity index (χ4n) is 2.47. The van der Waals surface area contributed by atoms with Gasteiger partial charge in [-0.05, 0) is 42.5 Å². The summed E-state index contributed by atoms with van der Waals surface area (Å²) in [6.07, 6.45) is 0. The quantitative estimate of drug-likeness (QED) is 0.657. The maximum Gasteiger partial charge on any atom is 0.272 e. The van der Waals surface area contributed by atoms with Gasteiger partial charge in [0.1, 0.15) is 11.6 Å². The molecular weight excluding hydrogens is 413 g/mol. The summed E-state index contributed by atoms with van der Waals surface area (Å²) < 4.78 is 28.6. The Kier molecular flexibility index (Phi) is 5.62. The standard InChI is InChI=1S/C18H12Cl2F2N4O2/c19-10-3-9(4-11(21)5-10)16-7-15(18(28)24-8-17(23)27)25-26(16)12-1-2-14(22)13(20)6-12/h1-7H,8H2,(H2,23,27)(H,24,28). The van der Waals surface area contributed by atoms with Crippen LogP contribution in [0.2, 0.25) is 10.0 Å². The van der Waals surface area contributed by atoms with Crippen LogP contribution in [0.3, 0.4) is 0 Å². The molecule has 2 amide bonds. The van der Waals surface area contributed by atoms with Gasteiger partial charge in [0.15, 0.2) is 5.69 Å². The second-order valence-electron chi connectivity index (χ2n) is 5.73. The van der Waals surface area contributed by atoms with Crippen molar-refractivity contribution in [3.8, 4) is 16.9 Å². The van der Waals surface area contributed by atoms with Gasteiger partial charge >= 0.3 is 0 Å². The summed E-state index contributed by atoms with van der Waals surface area (Å²) in [6.45, 7) is -0.380. The van der Waals surface area contributed by atoms with E-state index < -0.39 is 23.4 Å². The summed E-state index contributed by atoms with van der Waals surface area (Å²) in [5.41, 5.74) is 5.90. The minimum atomic E-state index is -0.727. The van der Waals surface area contributed by atoms with E-state index in [4.69, 9.17) is 28.9 Å². The number of carbonyl (C=O) groups is 2. The molecule has 0 bridgehead atoms. The lowest BCUT2D eigenvalue weighted by molar-refractivity contribution is -0.117. The topological polar surface area (TPSA) is 90.0 Å². The molecule has 28 heavy (non-hydrogen) atoms. The van der Waals surface area contributed by atoms with Gasteiger partial charge in [0.05, 0.1) is 22.9 Å². The molecule has 0 fully saturated rings. The Morgan fingerprint density at radius 3 is 2.50 bits per heavy atom. The van der Waals surface area contributed by atoms with E-state index in [9.17, 15) is 18.4 Å². The molecule has 144 valence electrons. The van der Waals surface area contributed by atoms with Gasteiger partial charge in [-0.1, -0.05) is 23.2 Å². The van der Waals surface area contributed by atoms with Crippen LogP contribution in [-0.2, 0) is 4.79 Å². The number of amides is 2. The molecule has 0 unspecified atom stereocenters. The molecule has 0 radical (unpaired) electrons. The van der Waals surface area contributed by atoms with Gasteiger partial charge in [0.2, 0.25) is 5.91 Å². The van der Waals surface area contributed by atoms with E-state index in [1.54, 1.807) is 0 Å². The van der Waals surface area contributed by atoms with Gasteiger partial charge in [-0.25, -0.2) is 13.5 Å². The van der Waals surface area contributed by atoms with Crippen LogP contribution in [-0.4, -0.2) is 28.1 Å². The number of hydrogen-bond acceptors (Lipinski definition) is 3. The van der Waals surface area contributed by atoms with Crippen molar-refractivity contribution in [2.75, 3.05) is 6.54 Å². The molecule has 3 rings (SSSR count). The van der Waals surface area contributed by atoms with Crippen molar-refractivity contribution in [1.82, 2.24) is 15.1 Å². The molecule has 0 atom stereocenters. The second kappa shape index (κ2) is 7.95. The SMILES string of the molecule is NC(=O)CNC(=O)c1cc(-c2cc(F)cc(Cl)c2)n(-c2ccc(F)c(Cl)c2)n1. The molecule has 3 N–H and O–H groups in total. The molecule has 2 aromatic carbocycles. The van der Waals surface area contributed by atoms with Crippen LogP contribution in [0.5, 0.6) is 0 Å². The zero-order valence-corrected chi connectivity index (χ0v) is 15.6. The number of halogens is 4. The predicted octanol–water partition coefficient (Wildman–Crippen LogP) is 3.34. The summed E-state index contributed by atoms with van der Waals surface area (Å²) in [7, 11) is 0. The number of primary amides is 1. The number of nitrogens with one attached hydrogen (secondary N) is 1. The van der Waals surface area contributed by atoms with Crippen LogP contribution in [0.1, 0.15) is 10.5 Å². The molecule has 0 aliphatic heterocycles. The third kappa shape index (κ3) is 4.29. The maximum absolute atomic E-state index is 13.8. The highest BCUT2D eigenvalue weighted by Crippen LogP contribution is 2.29. The highest BCUT2D eigenvalue weighted by Gasteiger charge is 2.18. The van der Waals surface area contributed by atoms with Gasteiger partial charge in [-0.3, -0.25) is 9.59 Å². The molecule has 6 nitrogen and oxygen atoms in total. The van der Waals surface area contributed by atoms with Gasteiger partial charge in [0.25, 0.3) is 5.91 Å². The third-order valence-electron chi connectivity index (χ3n) is 3.67. The number of rotatable bonds is 5. The van der Waals surface area contributed by atoms with Crippen LogP contribution in [0.4, 0.5) is 8.78 Å². The first-order chi connectivity index (χ1) is 13.2. The van der Waals surface area contributed by atoms with E-state index in [0.717, 1.165) is 12.1 Å². The molecule has 0 spiro atoms. The van der Waals surface area contributed by atoms with E-state index in [2.05, 4.69) is 10.4 Å². The second-order valence-corrected chi connectivity index (χ2v) is 6.58. The van der Waals surface area contributed by atoms with Crippen LogP contribution in [0, 0.1) is 11.6 Å². The van der Waals surface area contributed by atoms with Crippen molar-refractivity contribution in [2.45, 2.75) is 0 Å². The molecule has 1 aromatic heterocycles. The molecule has 0 saturated carbocycles. The molecule has 1 heterocycles. The van der Waals surface area contributed by atoms with Gasteiger partial charge < -0.3 is 11.1 Å². The summed E-state index contributed by atoms with van der Waals surface area (Å²) >= 11 is 11.8. The van der Waals surface area contributed by atoms with Crippen LogP contribution < -0.4 is 11.1 Å². The molecule has 0 aliphatic carbocycles. The summed E-state index contributed by atoms with van der Waals surface area (Å²) in [5.74, 6) is -2.62. The van der Waals surface area contributed by atoms with E-state index in [1.807, 2.05) is 0 Å². The molecule has 0 aliphatic rings. The molecule has 10 heteroatoms. The fraction of sp³-hybridized carbons (Fsp3) is 0.0556. The van der Waals surface area contributed by atoms with Crippen molar-refractivity contribution >= 4 is 35.0 Å². The number of aromatic nitrogens is 2. The molecular formula is C18H12Cl2F2N4O2. The lowest BCUT2D eigenvalue weighted by atomic mass is 10.1. The van der Waals surface area contributed by atoms with E-state index >= 15 is 0 Å². The average molecular weight is 425 g/mol. The van der Waals surface area contributed by atoms with Crippen molar-refractivity contribution < 1.29 is 18.4 Å². The van der Waals surface area contributed by atoms with Crippen LogP contribution in [0.15, 0.2) is 42.5 Å². The van der Waals surface area contributed by atoms with Crippen molar-refractivity contribution in [1.29, 1.82) is 0 Å². The van der Waals surface area contributed by atoms with Gasteiger partial charge in [-0.15, -0.1) is 0 Å². The van der Waals surface area contributed by atoms with Crippen molar-refractivity contribution in [2.24, 2.45) is 5.73 Å². The van der Waals surface area contributed by atoms with Crippen LogP contribution in [0.25, 0.3) is 16.9 Å².